The van der Waals surface area contributed by atoms with Gasteiger partial charge in [0.05, 0.1) is 0 Å². The molecule has 0 radical (unpaired) electrons. The average Bonchev–Trinajstić information content (AvgIpc) is 2.82. The van der Waals surface area contributed by atoms with Crippen LogP contribution in [0.25, 0.3) is 0 Å². The second-order valence-electron chi connectivity index (χ2n) is 3.48. The normalized spacial score (nSPS) is 10.2. The molecule has 1 N–H and O–H groups in total. The van der Waals surface area contributed by atoms with Crippen molar-refractivity contribution >= 4 is 17.2 Å². The lowest BCUT2D eigenvalue weighted by molar-refractivity contribution is 0.0948. The van der Waals surface area contributed by atoms with Gasteiger partial charge < -0.3 is 5.32 Å². The van der Waals surface area contributed by atoms with E-state index < -0.39 is 5.95 Å². The molecule has 2 heterocycles. The minimum absolute atomic E-state index is 0.107. The van der Waals surface area contributed by atoms with E-state index in [0.717, 1.165) is 6.42 Å². The fraction of sp³-hybridized carbons (Fsp3) is 0.167. The molecule has 0 aliphatic carbocycles. The molecular weight excluding hydrogens is 239 g/mol. The molecule has 0 aromatic carbocycles. The average molecular weight is 250 g/mol. The molecule has 0 aliphatic rings. The summed E-state index contributed by atoms with van der Waals surface area (Å²) >= 11 is 1.62. The molecule has 0 saturated carbocycles. The Labute approximate surface area is 102 Å². The summed E-state index contributed by atoms with van der Waals surface area (Å²) in [5.74, 6) is -0.991. The van der Waals surface area contributed by atoms with E-state index in [0.29, 0.717) is 6.54 Å². The molecule has 2 aromatic rings. The molecule has 0 atom stereocenters. The van der Waals surface area contributed by atoms with E-state index in [1.54, 1.807) is 11.3 Å². The third kappa shape index (κ3) is 3.35. The van der Waals surface area contributed by atoms with Gasteiger partial charge in [-0.2, -0.15) is 15.7 Å². The number of nitrogens with one attached hydrogen (secondary N) is 1. The number of rotatable bonds is 4. The summed E-state index contributed by atoms with van der Waals surface area (Å²) in [6, 6.07) is 6.18. The van der Waals surface area contributed by atoms with Gasteiger partial charge in [0.2, 0.25) is 5.95 Å². The Bertz CT molecular complexity index is 499. The van der Waals surface area contributed by atoms with Crippen LogP contribution < -0.4 is 5.32 Å². The first kappa shape index (κ1) is 11.7. The highest BCUT2D eigenvalue weighted by Crippen LogP contribution is 2.05. The zero-order valence-corrected chi connectivity index (χ0v) is 9.84. The van der Waals surface area contributed by atoms with Gasteiger partial charge >= 0.3 is 0 Å². The number of carbonyl (C=O) groups excluding carboxylic acids is 1. The summed E-state index contributed by atoms with van der Waals surface area (Å²) in [5, 5.41) is 6.73. The predicted octanol–water partition coefficient (Wildman–Crippen LogP) is 2.25. The Balaban J connectivity index is 1.85. The van der Waals surface area contributed by atoms with E-state index in [2.05, 4.69) is 10.3 Å². The molecule has 3 nitrogen and oxygen atoms in total. The number of nitrogens with zero attached hydrogens (tertiary/aromatic N) is 1. The zero-order valence-electron chi connectivity index (χ0n) is 9.02. The molecule has 2 aromatic heterocycles. The molecule has 88 valence electrons. The highest BCUT2D eigenvalue weighted by Gasteiger charge is 2.07. The first-order valence-electron chi connectivity index (χ1n) is 5.17. The fourth-order valence-electron chi connectivity index (χ4n) is 1.38. The first-order chi connectivity index (χ1) is 8.25. The molecule has 5 heteroatoms. The van der Waals surface area contributed by atoms with Crippen molar-refractivity contribution in [3.8, 4) is 0 Å². The highest BCUT2D eigenvalue weighted by atomic mass is 32.1. The monoisotopic (exact) mass is 250 g/mol. The molecule has 2 rings (SSSR count). The number of pyridine rings is 1. The number of hydrogen-bond donors (Lipinski definition) is 1. The third-order valence-corrected chi connectivity index (χ3v) is 2.96. The van der Waals surface area contributed by atoms with Crippen LogP contribution in [0, 0.1) is 5.95 Å². The third-order valence-electron chi connectivity index (χ3n) is 2.23. The largest absolute Gasteiger partial charge is 0.350 e. The number of aromatic nitrogens is 1. The fourth-order valence-corrected chi connectivity index (χ4v) is 2.08. The number of carbonyl (C=O) groups is 1. The summed E-state index contributed by atoms with van der Waals surface area (Å²) in [5.41, 5.74) is 1.29. The standard InChI is InChI=1S/C12H11FN2OS/c13-11-3-1-2-10(15-11)12(16)14-6-4-9-5-7-17-8-9/h1-3,5,7-8H,4,6H2,(H,14,16). The quantitative estimate of drug-likeness (QED) is 0.846. The van der Waals surface area contributed by atoms with E-state index in [9.17, 15) is 9.18 Å². The zero-order chi connectivity index (χ0) is 12.1. The van der Waals surface area contributed by atoms with Gasteiger partial charge in [0.1, 0.15) is 5.69 Å². The van der Waals surface area contributed by atoms with Crippen molar-refractivity contribution in [3.63, 3.8) is 0 Å². The first-order valence-corrected chi connectivity index (χ1v) is 6.12. The lowest BCUT2D eigenvalue weighted by Crippen LogP contribution is -2.26. The molecule has 0 aliphatic heterocycles. The molecule has 1 amide bonds. The van der Waals surface area contributed by atoms with Crippen molar-refractivity contribution in [1.29, 1.82) is 0 Å². The van der Waals surface area contributed by atoms with Crippen LogP contribution in [0.1, 0.15) is 16.1 Å². The number of thiophene rings is 1. The number of halogens is 1. The van der Waals surface area contributed by atoms with Crippen molar-refractivity contribution in [2.75, 3.05) is 6.54 Å². The van der Waals surface area contributed by atoms with Crippen LogP contribution in [0.4, 0.5) is 4.39 Å². The lowest BCUT2D eigenvalue weighted by atomic mass is 10.2. The topological polar surface area (TPSA) is 42.0 Å². The van der Waals surface area contributed by atoms with Crippen LogP contribution in [0.15, 0.2) is 35.0 Å². The molecule has 0 bridgehead atoms. The van der Waals surface area contributed by atoms with E-state index in [1.165, 1.54) is 23.8 Å². The van der Waals surface area contributed by atoms with Gasteiger partial charge in [-0.1, -0.05) is 6.07 Å². The van der Waals surface area contributed by atoms with Crippen LogP contribution in [0.5, 0.6) is 0 Å². The van der Waals surface area contributed by atoms with Crippen LogP contribution in [-0.2, 0) is 6.42 Å². The molecule has 0 saturated heterocycles. The van der Waals surface area contributed by atoms with Crippen LogP contribution in [0.2, 0.25) is 0 Å². The van der Waals surface area contributed by atoms with Gasteiger partial charge in [-0.05, 0) is 40.9 Å². The van der Waals surface area contributed by atoms with Crippen molar-refractivity contribution in [1.82, 2.24) is 10.3 Å². The van der Waals surface area contributed by atoms with Gasteiger partial charge in [-0.3, -0.25) is 4.79 Å². The predicted molar refractivity (Wildman–Crippen MR) is 64.6 cm³/mol. The minimum atomic E-state index is -0.643. The van der Waals surface area contributed by atoms with Crippen LogP contribution in [-0.4, -0.2) is 17.4 Å². The SMILES string of the molecule is O=C(NCCc1ccsc1)c1cccc(F)n1. The number of amides is 1. The van der Waals surface area contributed by atoms with Gasteiger partial charge in [0.15, 0.2) is 0 Å². The van der Waals surface area contributed by atoms with Crippen molar-refractivity contribution in [2.24, 2.45) is 0 Å². The van der Waals surface area contributed by atoms with Crippen molar-refractivity contribution in [3.05, 3.63) is 52.2 Å². The Kier molecular flexibility index (Phi) is 3.82. The Hall–Kier alpha value is -1.75. The summed E-state index contributed by atoms with van der Waals surface area (Å²) in [7, 11) is 0. The molecule has 17 heavy (non-hydrogen) atoms. The molecule has 0 spiro atoms. The van der Waals surface area contributed by atoms with Gasteiger partial charge in [-0.15, -0.1) is 0 Å². The Morgan fingerprint density at radius 2 is 2.29 bits per heavy atom. The Morgan fingerprint density at radius 3 is 3.00 bits per heavy atom. The maximum absolute atomic E-state index is 12.8. The van der Waals surface area contributed by atoms with E-state index in [4.69, 9.17) is 0 Å². The second-order valence-corrected chi connectivity index (χ2v) is 4.26. The second kappa shape index (κ2) is 5.54. The maximum atomic E-state index is 12.8. The summed E-state index contributed by atoms with van der Waals surface area (Å²) in [4.78, 5) is 15.1. The molecule has 0 unspecified atom stereocenters. The minimum Gasteiger partial charge on any atom is -0.350 e. The molecule has 0 fully saturated rings. The van der Waals surface area contributed by atoms with Crippen molar-refractivity contribution < 1.29 is 9.18 Å². The van der Waals surface area contributed by atoms with E-state index >= 15 is 0 Å². The summed E-state index contributed by atoms with van der Waals surface area (Å²) in [6.45, 7) is 0.522. The van der Waals surface area contributed by atoms with Crippen LogP contribution >= 0.6 is 11.3 Å². The van der Waals surface area contributed by atoms with Crippen LogP contribution in [0.3, 0.4) is 0 Å². The van der Waals surface area contributed by atoms with Crippen molar-refractivity contribution in [2.45, 2.75) is 6.42 Å². The van der Waals surface area contributed by atoms with Gasteiger partial charge in [0, 0.05) is 6.54 Å². The summed E-state index contributed by atoms with van der Waals surface area (Å²) < 4.78 is 12.8. The lowest BCUT2D eigenvalue weighted by Gasteiger charge is -2.03. The van der Waals surface area contributed by atoms with E-state index in [-0.39, 0.29) is 11.6 Å². The molecular formula is C12H11FN2OS. The summed E-state index contributed by atoms with van der Waals surface area (Å²) in [6.07, 6.45) is 0.768. The highest BCUT2D eigenvalue weighted by molar-refractivity contribution is 7.07. The van der Waals surface area contributed by atoms with E-state index in [1.807, 2.05) is 16.8 Å². The van der Waals surface area contributed by atoms with Gasteiger partial charge in [-0.25, -0.2) is 4.98 Å². The Morgan fingerprint density at radius 1 is 1.41 bits per heavy atom. The number of hydrogen-bond acceptors (Lipinski definition) is 3. The maximum Gasteiger partial charge on any atom is 0.270 e. The smallest absolute Gasteiger partial charge is 0.270 e. The van der Waals surface area contributed by atoms with Gasteiger partial charge in [0.25, 0.3) is 5.91 Å².